The number of hydrogen-bond acceptors (Lipinski definition) is 2. The second-order valence-electron chi connectivity index (χ2n) is 3.44. The summed E-state index contributed by atoms with van der Waals surface area (Å²) in [5, 5.41) is 11.8. The van der Waals surface area contributed by atoms with Gasteiger partial charge in [0, 0.05) is 12.1 Å². The summed E-state index contributed by atoms with van der Waals surface area (Å²) >= 11 is 0. The Balaban J connectivity index is 3.95. The number of aliphatic hydroxyl groups excluding tert-OH is 1. The Labute approximate surface area is 82.5 Å². The summed E-state index contributed by atoms with van der Waals surface area (Å²) in [6.45, 7) is 3.43. The predicted octanol–water partition coefficient (Wildman–Crippen LogP) is 2.08. The molecule has 0 unspecified atom stereocenters. The Morgan fingerprint density at radius 1 is 1.14 bits per heavy atom. The normalized spacial score (nSPS) is 13.3. The van der Waals surface area contributed by atoms with E-state index < -0.39 is 18.1 Å². The Kier molecular flexibility index (Phi) is 5.44. The fourth-order valence-corrected chi connectivity index (χ4v) is 1.25. The van der Waals surface area contributed by atoms with Gasteiger partial charge >= 0.3 is 6.18 Å². The summed E-state index contributed by atoms with van der Waals surface area (Å²) in [7, 11) is 0. The number of aliphatic hydroxyl groups is 1. The minimum atomic E-state index is -4.13. The van der Waals surface area contributed by atoms with Crippen LogP contribution in [0.3, 0.4) is 0 Å². The van der Waals surface area contributed by atoms with Gasteiger partial charge in [-0.1, -0.05) is 13.8 Å². The third-order valence-electron chi connectivity index (χ3n) is 2.56. The van der Waals surface area contributed by atoms with Crippen LogP contribution in [0.5, 0.6) is 0 Å². The molecule has 0 saturated carbocycles. The number of halogens is 3. The lowest BCUT2D eigenvalue weighted by atomic mass is 9.94. The monoisotopic (exact) mass is 213 g/mol. The third-order valence-corrected chi connectivity index (χ3v) is 2.56. The number of hydrogen-bond donors (Lipinski definition) is 2. The molecular weight excluding hydrogens is 195 g/mol. The molecule has 14 heavy (non-hydrogen) atoms. The van der Waals surface area contributed by atoms with E-state index >= 15 is 0 Å². The first-order chi connectivity index (χ1) is 6.39. The van der Waals surface area contributed by atoms with Gasteiger partial charge in [-0.15, -0.1) is 0 Å². The SMILES string of the molecule is CCC(CC)(CO)NCCC(F)(F)F. The molecule has 0 fully saturated rings. The van der Waals surface area contributed by atoms with Gasteiger partial charge in [0.1, 0.15) is 0 Å². The van der Waals surface area contributed by atoms with Gasteiger partial charge in [-0.05, 0) is 12.8 Å². The van der Waals surface area contributed by atoms with Gasteiger partial charge in [-0.2, -0.15) is 13.2 Å². The molecule has 86 valence electrons. The molecule has 5 heteroatoms. The Morgan fingerprint density at radius 3 is 1.93 bits per heavy atom. The van der Waals surface area contributed by atoms with Crippen molar-refractivity contribution in [3.63, 3.8) is 0 Å². The fourth-order valence-electron chi connectivity index (χ4n) is 1.25. The van der Waals surface area contributed by atoms with E-state index in [9.17, 15) is 13.2 Å². The van der Waals surface area contributed by atoms with Crippen LogP contribution >= 0.6 is 0 Å². The van der Waals surface area contributed by atoms with Crippen molar-refractivity contribution in [1.29, 1.82) is 0 Å². The standard InChI is InChI=1S/C9H18F3NO/c1-3-8(4-2,7-14)13-6-5-9(10,11)12/h13-14H,3-7H2,1-2H3. The molecule has 0 aromatic heterocycles. The molecule has 0 aromatic rings. The van der Waals surface area contributed by atoms with E-state index in [0.29, 0.717) is 12.8 Å². The van der Waals surface area contributed by atoms with Crippen LogP contribution < -0.4 is 5.32 Å². The number of alkyl halides is 3. The van der Waals surface area contributed by atoms with E-state index in [-0.39, 0.29) is 13.2 Å². The molecule has 0 aliphatic carbocycles. The highest BCUT2D eigenvalue weighted by Gasteiger charge is 2.29. The summed E-state index contributed by atoms with van der Waals surface area (Å²) in [5.74, 6) is 0. The first kappa shape index (κ1) is 13.7. The molecule has 0 rings (SSSR count). The summed E-state index contributed by atoms with van der Waals surface area (Å²) < 4.78 is 35.5. The predicted molar refractivity (Wildman–Crippen MR) is 49.1 cm³/mol. The van der Waals surface area contributed by atoms with Gasteiger partial charge in [0.2, 0.25) is 0 Å². The minimum absolute atomic E-state index is 0.127. The lowest BCUT2D eigenvalue weighted by Gasteiger charge is -2.31. The van der Waals surface area contributed by atoms with Gasteiger partial charge in [0.05, 0.1) is 13.0 Å². The highest BCUT2D eigenvalue weighted by atomic mass is 19.4. The Morgan fingerprint density at radius 2 is 1.64 bits per heavy atom. The van der Waals surface area contributed by atoms with Crippen LogP contribution in [0, 0.1) is 0 Å². The maximum atomic E-state index is 11.8. The van der Waals surface area contributed by atoms with Gasteiger partial charge in [0.25, 0.3) is 0 Å². The van der Waals surface area contributed by atoms with E-state index in [2.05, 4.69) is 5.32 Å². The quantitative estimate of drug-likeness (QED) is 0.708. The Bertz CT molecular complexity index is 146. The van der Waals surface area contributed by atoms with Crippen molar-refractivity contribution < 1.29 is 18.3 Å². The van der Waals surface area contributed by atoms with Gasteiger partial charge in [0.15, 0.2) is 0 Å². The molecule has 0 heterocycles. The molecule has 0 aromatic carbocycles. The second-order valence-corrected chi connectivity index (χ2v) is 3.44. The highest BCUT2D eigenvalue weighted by molar-refractivity contribution is 4.84. The Hall–Kier alpha value is -0.290. The molecular formula is C9H18F3NO. The van der Waals surface area contributed by atoms with Crippen LogP contribution in [0.25, 0.3) is 0 Å². The van der Waals surface area contributed by atoms with Crippen molar-refractivity contribution in [2.45, 2.75) is 44.8 Å². The fraction of sp³-hybridized carbons (Fsp3) is 1.00. The van der Waals surface area contributed by atoms with Gasteiger partial charge in [-0.3, -0.25) is 0 Å². The van der Waals surface area contributed by atoms with Crippen molar-refractivity contribution in [2.75, 3.05) is 13.2 Å². The zero-order valence-corrected chi connectivity index (χ0v) is 8.62. The zero-order chi connectivity index (χ0) is 11.2. The summed E-state index contributed by atoms with van der Waals surface area (Å²) in [6, 6.07) is 0. The van der Waals surface area contributed by atoms with Crippen LogP contribution in [0.2, 0.25) is 0 Å². The highest BCUT2D eigenvalue weighted by Crippen LogP contribution is 2.20. The van der Waals surface area contributed by atoms with Crippen molar-refractivity contribution in [1.82, 2.24) is 5.32 Å². The van der Waals surface area contributed by atoms with E-state index in [1.807, 2.05) is 13.8 Å². The van der Waals surface area contributed by atoms with Crippen molar-refractivity contribution in [2.24, 2.45) is 0 Å². The van der Waals surface area contributed by atoms with Crippen LogP contribution in [0.15, 0.2) is 0 Å². The molecule has 0 atom stereocenters. The summed E-state index contributed by atoms with van der Waals surface area (Å²) in [4.78, 5) is 0. The molecule has 2 N–H and O–H groups in total. The average molecular weight is 213 g/mol. The van der Waals surface area contributed by atoms with Crippen molar-refractivity contribution >= 4 is 0 Å². The lowest BCUT2D eigenvalue weighted by molar-refractivity contribution is -0.134. The van der Waals surface area contributed by atoms with Crippen molar-refractivity contribution in [3.05, 3.63) is 0 Å². The topological polar surface area (TPSA) is 32.3 Å². The van der Waals surface area contributed by atoms with Crippen LogP contribution in [-0.4, -0.2) is 30.0 Å². The van der Waals surface area contributed by atoms with E-state index in [0.717, 1.165) is 0 Å². The second kappa shape index (κ2) is 5.56. The van der Waals surface area contributed by atoms with Crippen LogP contribution in [-0.2, 0) is 0 Å². The maximum absolute atomic E-state index is 11.8. The summed E-state index contributed by atoms with van der Waals surface area (Å²) in [6.07, 6.45) is -3.74. The van der Waals surface area contributed by atoms with Gasteiger partial charge in [-0.25, -0.2) is 0 Å². The van der Waals surface area contributed by atoms with Crippen LogP contribution in [0.4, 0.5) is 13.2 Å². The number of rotatable bonds is 6. The average Bonchev–Trinajstić information content (AvgIpc) is 2.11. The third kappa shape index (κ3) is 4.81. The van der Waals surface area contributed by atoms with E-state index in [1.165, 1.54) is 0 Å². The zero-order valence-electron chi connectivity index (χ0n) is 8.62. The van der Waals surface area contributed by atoms with Gasteiger partial charge < -0.3 is 10.4 Å². The summed E-state index contributed by atoms with van der Waals surface area (Å²) in [5.41, 5.74) is -0.550. The first-order valence-electron chi connectivity index (χ1n) is 4.82. The molecule has 0 aliphatic heterocycles. The van der Waals surface area contributed by atoms with E-state index in [1.54, 1.807) is 0 Å². The molecule has 0 saturated heterocycles. The van der Waals surface area contributed by atoms with Crippen molar-refractivity contribution in [3.8, 4) is 0 Å². The first-order valence-corrected chi connectivity index (χ1v) is 4.82. The van der Waals surface area contributed by atoms with Crippen LogP contribution in [0.1, 0.15) is 33.1 Å². The molecule has 0 spiro atoms. The maximum Gasteiger partial charge on any atom is 0.390 e. The lowest BCUT2D eigenvalue weighted by Crippen LogP contribution is -2.48. The molecule has 0 aliphatic rings. The minimum Gasteiger partial charge on any atom is -0.394 e. The molecule has 0 amide bonds. The number of nitrogens with one attached hydrogen (secondary N) is 1. The van der Waals surface area contributed by atoms with E-state index in [4.69, 9.17) is 5.11 Å². The molecule has 0 bridgehead atoms. The molecule has 0 radical (unpaired) electrons. The molecule has 2 nitrogen and oxygen atoms in total. The smallest absolute Gasteiger partial charge is 0.390 e. The largest absolute Gasteiger partial charge is 0.394 e.